The van der Waals surface area contributed by atoms with Gasteiger partial charge in [-0.2, -0.15) is 0 Å². The lowest BCUT2D eigenvalue weighted by Gasteiger charge is -2.29. The zero-order valence-electron chi connectivity index (χ0n) is 9.66. The molecule has 0 saturated carbocycles. The molecule has 0 aromatic carbocycles. The van der Waals surface area contributed by atoms with Crippen LogP contribution in [0.3, 0.4) is 0 Å². The maximum atomic E-state index is 5.43. The van der Waals surface area contributed by atoms with E-state index in [1.54, 1.807) is 0 Å². The first-order chi connectivity index (χ1) is 7.72. The summed E-state index contributed by atoms with van der Waals surface area (Å²) in [6.07, 6.45) is 0. The normalized spacial score (nSPS) is 16.3. The van der Waals surface area contributed by atoms with Gasteiger partial charge in [0.25, 0.3) is 0 Å². The fourth-order valence-corrected chi connectivity index (χ4v) is 1.84. The molecule has 88 valence electrons. The van der Waals surface area contributed by atoms with Crippen molar-refractivity contribution in [2.75, 3.05) is 36.6 Å². The second-order valence-corrected chi connectivity index (χ2v) is 3.81. The first kappa shape index (κ1) is 11.1. The van der Waals surface area contributed by atoms with E-state index in [1.165, 1.54) is 0 Å². The summed E-state index contributed by atoms with van der Waals surface area (Å²) in [5.41, 5.74) is 3.59. The monoisotopic (exact) mass is 223 g/mol. The number of hydrazine groups is 1. The summed E-state index contributed by atoms with van der Waals surface area (Å²) >= 11 is 0. The van der Waals surface area contributed by atoms with Gasteiger partial charge in [0, 0.05) is 18.7 Å². The Bertz CT molecular complexity index is 376. The van der Waals surface area contributed by atoms with Crippen molar-refractivity contribution in [3.05, 3.63) is 11.4 Å². The van der Waals surface area contributed by atoms with E-state index in [-0.39, 0.29) is 0 Å². The molecule has 0 bridgehead atoms. The van der Waals surface area contributed by atoms with Gasteiger partial charge < -0.3 is 15.1 Å². The van der Waals surface area contributed by atoms with Crippen molar-refractivity contribution in [2.45, 2.75) is 13.8 Å². The molecule has 3 N–H and O–H groups in total. The third-order valence-electron chi connectivity index (χ3n) is 2.68. The van der Waals surface area contributed by atoms with Crippen LogP contribution in [0.1, 0.15) is 11.4 Å². The van der Waals surface area contributed by atoms with Crippen LogP contribution in [-0.4, -0.2) is 36.3 Å². The fraction of sp³-hybridized carbons (Fsp3) is 0.600. The van der Waals surface area contributed by atoms with E-state index >= 15 is 0 Å². The van der Waals surface area contributed by atoms with Gasteiger partial charge in [-0.1, -0.05) is 0 Å². The van der Waals surface area contributed by atoms with Crippen molar-refractivity contribution in [2.24, 2.45) is 5.84 Å². The topological polar surface area (TPSA) is 76.3 Å². The summed E-state index contributed by atoms with van der Waals surface area (Å²) in [6.45, 7) is 7.05. The smallest absolute Gasteiger partial charge is 0.148 e. The number of rotatable bonds is 2. The molecule has 2 heterocycles. The van der Waals surface area contributed by atoms with Gasteiger partial charge in [0.2, 0.25) is 0 Å². The summed E-state index contributed by atoms with van der Waals surface area (Å²) < 4.78 is 5.32. The van der Waals surface area contributed by atoms with Gasteiger partial charge in [-0.15, -0.1) is 0 Å². The third-order valence-corrected chi connectivity index (χ3v) is 2.68. The summed E-state index contributed by atoms with van der Waals surface area (Å²) in [6, 6.07) is 0. The van der Waals surface area contributed by atoms with Crippen LogP contribution < -0.4 is 16.2 Å². The highest BCUT2D eigenvalue weighted by Gasteiger charge is 2.17. The Kier molecular flexibility index (Phi) is 3.21. The van der Waals surface area contributed by atoms with Gasteiger partial charge in [0.15, 0.2) is 0 Å². The molecule has 2 rings (SSSR count). The van der Waals surface area contributed by atoms with E-state index in [0.717, 1.165) is 43.5 Å². The zero-order chi connectivity index (χ0) is 11.5. The van der Waals surface area contributed by atoms with Crippen LogP contribution in [0.5, 0.6) is 0 Å². The molecule has 0 spiro atoms. The van der Waals surface area contributed by atoms with Gasteiger partial charge in [0.1, 0.15) is 17.5 Å². The quantitative estimate of drug-likeness (QED) is 0.551. The number of hydrogen-bond donors (Lipinski definition) is 2. The average Bonchev–Trinajstić information content (AvgIpc) is 2.33. The minimum Gasteiger partial charge on any atom is -0.378 e. The number of aromatic nitrogens is 2. The van der Waals surface area contributed by atoms with Crippen molar-refractivity contribution < 1.29 is 4.74 Å². The highest BCUT2D eigenvalue weighted by Crippen LogP contribution is 2.23. The maximum Gasteiger partial charge on any atom is 0.148 e. The molecule has 1 aromatic rings. The van der Waals surface area contributed by atoms with Crippen molar-refractivity contribution >= 4 is 11.6 Å². The third kappa shape index (κ3) is 2.07. The molecule has 1 aromatic heterocycles. The molecular weight excluding hydrogens is 206 g/mol. The summed E-state index contributed by atoms with van der Waals surface area (Å²) in [4.78, 5) is 10.9. The number of nitrogen functional groups attached to an aromatic ring is 1. The summed E-state index contributed by atoms with van der Waals surface area (Å²) in [7, 11) is 0. The number of anilines is 2. The van der Waals surface area contributed by atoms with Crippen LogP contribution in [0, 0.1) is 13.8 Å². The standard InChI is InChI=1S/C10H17N5O/c1-7-9(14-11)12-8(2)13-10(7)15-3-5-16-6-4-15/h3-6,11H2,1-2H3,(H,12,13,14). The van der Waals surface area contributed by atoms with Gasteiger partial charge in [-0.3, -0.25) is 0 Å². The maximum absolute atomic E-state index is 5.43. The Labute approximate surface area is 94.8 Å². The Morgan fingerprint density at radius 3 is 2.56 bits per heavy atom. The van der Waals surface area contributed by atoms with Gasteiger partial charge >= 0.3 is 0 Å². The average molecular weight is 223 g/mol. The minimum absolute atomic E-state index is 0.689. The predicted octanol–water partition coefficient (Wildman–Crippen LogP) is 0.216. The van der Waals surface area contributed by atoms with E-state index in [2.05, 4.69) is 20.3 Å². The lowest BCUT2D eigenvalue weighted by molar-refractivity contribution is 0.122. The number of ether oxygens (including phenoxy) is 1. The molecular formula is C10H17N5O. The molecule has 0 aliphatic carbocycles. The lowest BCUT2D eigenvalue weighted by atomic mass is 10.2. The SMILES string of the molecule is Cc1nc(NN)c(C)c(N2CCOCC2)n1. The molecule has 1 aliphatic rings. The molecule has 16 heavy (non-hydrogen) atoms. The lowest BCUT2D eigenvalue weighted by Crippen LogP contribution is -2.37. The van der Waals surface area contributed by atoms with Crippen molar-refractivity contribution in [1.82, 2.24) is 9.97 Å². The van der Waals surface area contributed by atoms with Gasteiger partial charge in [0.05, 0.1) is 13.2 Å². The predicted molar refractivity (Wildman–Crippen MR) is 62.3 cm³/mol. The second kappa shape index (κ2) is 4.63. The highest BCUT2D eigenvalue weighted by atomic mass is 16.5. The summed E-state index contributed by atoms with van der Waals surface area (Å²) in [5, 5.41) is 0. The van der Waals surface area contributed by atoms with Crippen LogP contribution in [0.25, 0.3) is 0 Å². The molecule has 0 unspecified atom stereocenters. The van der Waals surface area contributed by atoms with E-state index in [4.69, 9.17) is 10.6 Å². The molecule has 0 radical (unpaired) electrons. The number of hydrogen-bond acceptors (Lipinski definition) is 6. The molecule has 0 amide bonds. The van der Waals surface area contributed by atoms with Gasteiger partial charge in [-0.05, 0) is 13.8 Å². The van der Waals surface area contributed by atoms with Crippen molar-refractivity contribution in [1.29, 1.82) is 0 Å². The second-order valence-electron chi connectivity index (χ2n) is 3.81. The van der Waals surface area contributed by atoms with Crippen LogP contribution >= 0.6 is 0 Å². The van der Waals surface area contributed by atoms with E-state index in [0.29, 0.717) is 5.82 Å². The highest BCUT2D eigenvalue weighted by molar-refractivity contribution is 5.58. The largest absolute Gasteiger partial charge is 0.378 e. The Morgan fingerprint density at radius 2 is 1.94 bits per heavy atom. The fourth-order valence-electron chi connectivity index (χ4n) is 1.84. The number of nitrogens with zero attached hydrogens (tertiary/aromatic N) is 3. The van der Waals surface area contributed by atoms with Crippen molar-refractivity contribution in [3.63, 3.8) is 0 Å². The van der Waals surface area contributed by atoms with Crippen LogP contribution in [-0.2, 0) is 4.74 Å². The molecule has 6 heteroatoms. The summed E-state index contributed by atoms with van der Waals surface area (Å²) in [5.74, 6) is 7.79. The number of morpholine rings is 1. The Balaban J connectivity index is 2.34. The van der Waals surface area contributed by atoms with Crippen LogP contribution in [0.4, 0.5) is 11.6 Å². The molecule has 0 atom stereocenters. The zero-order valence-corrected chi connectivity index (χ0v) is 9.66. The van der Waals surface area contributed by atoms with E-state index in [1.807, 2.05) is 13.8 Å². The molecule has 1 aliphatic heterocycles. The minimum atomic E-state index is 0.689. The first-order valence-electron chi connectivity index (χ1n) is 5.37. The Hall–Kier alpha value is -1.40. The van der Waals surface area contributed by atoms with Crippen LogP contribution in [0.2, 0.25) is 0 Å². The van der Waals surface area contributed by atoms with Gasteiger partial charge in [-0.25, -0.2) is 15.8 Å². The molecule has 6 nitrogen and oxygen atoms in total. The first-order valence-corrected chi connectivity index (χ1v) is 5.37. The van der Waals surface area contributed by atoms with Crippen LogP contribution in [0.15, 0.2) is 0 Å². The van der Waals surface area contributed by atoms with E-state index in [9.17, 15) is 0 Å². The Morgan fingerprint density at radius 1 is 1.25 bits per heavy atom. The number of aryl methyl sites for hydroxylation is 1. The molecule has 1 fully saturated rings. The molecule has 1 saturated heterocycles. The number of nitrogens with two attached hydrogens (primary N) is 1. The van der Waals surface area contributed by atoms with Crippen molar-refractivity contribution in [3.8, 4) is 0 Å². The van der Waals surface area contributed by atoms with E-state index < -0.39 is 0 Å². The number of nitrogens with one attached hydrogen (secondary N) is 1.